The van der Waals surface area contributed by atoms with Gasteiger partial charge in [-0.3, -0.25) is 19.2 Å². The third-order valence-corrected chi connectivity index (χ3v) is 15.7. The van der Waals surface area contributed by atoms with Gasteiger partial charge in [0.2, 0.25) is 11.7 Å². The molecule has 1 amide bonds. The van der Waals surface area contributed by atoms with Gasteiger partial charge in [-0.05, 0) is 94.6 Å². The molecule has 4 heterocycles. The number of aliphatic hydroxyl groups excluding tert-OH is 1. The maximum atomic E-state index is 15.3. The molecule has 346 valence electrons. The molecule has 12 nitrogen and oxygen atoms in total. The quantitative estimate of drug-likeness (QED) is 0.146. The molecule has 0 aromatic heterocycles. The number of nitrogens with one attached hydrogen (secondary N) is 1. The Morgan fingerprint density at radius 2 is 1.58 bits per heavy atom. The van der Waals surface area contributed by atoms with Crippen LogP contribution in [-0.4, -0.2) is 88.4 Å². The monoisotopic (exact) mass is 888 g/mol. The van der Waals surface area contributed by atoms with Crippen molar-refractivity contribution in [3.05, 3.63) is 113 Å². The molecule has 4 aliphatic heterocycles. The summed E-state index contributed by atoms with van der Waals surface area (Å²) in [5, 5.41) is 15.3. The van der Waals surface area contributed by atoms with Gasteiger partial charge in [-0.1, -0.05) is 110 Å². The largest absolute Gasteiger partial charge is 0.460 e. The zero-order valence-corrected chi connectivity index (χ0v) is 38.5. The summed E-state index contributed by atoms with van der Waals surface area (Å²) < 4.78 is 32.4. The maximum Gasteiger partial charge on any atom is 0.327 e. The van der Waals surface area contributed by atoms with Crippen LogP contribution in [0.2, 0.25) is 0 Å². The fourth-order valence-corrected chi connectivity index (χ4v) is 12.3. The van der Waals surface area contributed by atoms with Crippen LogP contribution in [0.5, 0.6) is 0 Å². The van der Waals surface area contributed by atoms with Crippen LogP contribution >= 0.6 is 0 Å². The number of nitrogens with zero attached hydrogens (tertiary/aromatic N) is 1. The lowest BCUT2D eigenvalue weighted by Gasteiger charge is -2.53. The summed E-state index contributed by atoms with van der Waals surface area (Å²) in [6.07, 6.45) is 4.67. The van der Waals surface area contributed by atoms with Crippen LogP contribution in [0.3, 0.4) is 0 Å². The highest BCUT2D eigenvalue weighted by atomic mass is 16.8. The molecule has 11 unspecified atom stereocenters. The lowest BCUT2D eigenvalue weighted by Crippen LogP contribution is -2.70. The van der Waals surface area contributed by atoms with Gasteiger partial charge < -0.3 is 34.1 Å². The van der Waals surface area contributed by atoms with Crippen LogP contribution in [-0.2, 0) is 55.2 Å². The van der Waals surface area contributed by atoms with Gasteiger partial charge in [-0.2, -0.15) is 5.06 Å². The van der Waals surface area contributed by atoms with Gasteiger partial charge in [0.05, 0.1) is 30.9 Å². The third-order valence-electron chi connectivity index (χ3n) is 15.7. The molecule has 10 rings (SSSR count). The molecule has 2 N–H and O–H groups in total. The number of rotatable bonds is 11. The number of carbonyl (C=O) groups excluding carboxylic acids is 3. The number of hydroxylamine groups is 2. The number of benzene rings is 3. The number of esters is 2. The van der Waals surface area contributed by atoms with Crippen molar-refractivity contribution in [1.29, 1.82) is 0 Å². The SMILES string of the molecule is CC(C)(C)OC(=O)CCC(CO)NC(=O)C12CC3OC(=O)C1N(Cc1ccccc1C=C1CCC4OC4(C)CCC4C1CC4(C)C)OC2C1OC(c2ccccc2)(c2ccccc2)OC31. The molecule has 7 aliphatic rings. The number of ether oxygens (including phenoxy) is 5. The zero-order valence-electron chi connectivity index (χ0n) is 38.5. The van der Waals surface area contributed by atoms with Crippen LogP contribution < -0.4 is 5.32 Å². The molecule has 0 radical (unpaired) electrons. The molecule has 4 saturated heterocycles. The van der Waals surface area contributed by atoms with E-state index in [1.165, 1.54) is 5.57 Å². The van der Waals surface area contributed by atoms with E-state index in [9.17, 15) is 14.7 Å². The van der Waals surface area contributed by atoms with Crippen molar-refractivity contribution in [3.8, 4) is 0 Å². The van der Waals surface area contributed by atoms with Crippen molar-refractivity contribution < 1.29 is 48.0 Å². The average Bonchev–Trinajstić information content (AvgIpc) is 3.54. The number of aliphatic hydroxyl groups is 1. The number of carbonyl (C=O) groups is 3. The van der Waals surface area contributed by atoms with E-state index >= 15 is 4.79 Å². The maximum absolute atomic E-state index is 15.3. The summed E-state index contributed by atoms with van der Waals surface area (Å²) in [5.41, 5.74) is 2.95. The normalized spacial score (nSPS) is 35.2. The first-order valence-electron chi connectivity index (χ1n) is 23.7. The van der Waals surface area contributed by atoms with Crippen molar-refractivity contribution in [2.75, 3.05) is 6.61 Å². The Kier molecular flexibility index (Phi) is 11.2. The van der Waals surface area contributed by atoms with Crippen molar-refractivity contribution in [1.82, 2.24) is 10.4 Å². The minimum Gasteiger partial charge on any atom is -0.460 e. The topological polar surface area (TPSA) is 145 Å². The fourth-order valence-electron chi connectivity index (χ4n) is 12.3. The smallest absolute Gasteiger partial charge is 0.327 e. The van der Waals surface area contributed by atoms with Crippen molar-refractivity contribution in [3.63, 3.8) is 0 Å². The van der Waals surface area contributed by atoms with Crippen LogP contribution in [0.15, 0.2) is 90.5 Å². The van der Waals surface area contributed by atoms with Crippen LogP contribution in [0.1, 0.15) is 115 Å². The molecule has 0 spiro atoms. The second kappa shape index (κ2) is 16.4. The number of fused-ring (bicyclic) bond motifs is 6. The molecule has 3 aromatic rings. The molecule has 11 atom stereocenters. The van der Waals surface area contributed by atoms with E-state index in [4.69, 9.17) is 28.5 Å². The lowest BCUT2D eigenvalue weighted by atomic mass is 9.52. The summed E-state index contributed by atoms with van der Waals surface area (Å²) >= 11 is 0. The van der Waals surface area contributed by atoms with Gasteiger partial charge in [-0.25, -0.2) is 0 Å². The van der Waals surface area contributed by atoms with E-state index in [1.807, 2.05) is 72.8 Å². The average molecular weight is 889 g/mol. The second-order valence-corrected chi connectivity index (χ2v) is 21.5. The van der Waals surface area contributed by atoms with Gasteiger partial charge in [0.1, 0.15) is 35.4 Å². The molecule has 12 heteroatoms. The van der Waals surface area contributed by atoms with Gasteiger partial charge in [-0.15, -0.1) is 0 Å². The summed E-state index contributed by atoms with van der Waals surface area (Å²) in [4.78, 5) is 49.8. The van der Waals surface area contributed by atoms with E-state index in [0.29, 0.717) is 11.8 Å². The van der Waals surface area contributed by atoms with Gasteiger partial charge in [0.15, 0.2) is 6.04 Å². The first-order valence-corrected chi connectivity index (χ1v) is 23.7. The van der Waals surface area contributed by atoms with E-state index in [0.717, 1.165) is 54.4 Å². The molecular formula is C53H64N2O10. The van der Waals surface area contributed by atoms with E-state index in [1.54, 1.807) is 25.8 Å². The first-order chi connectivity index (χ1) is 31.0. The number of allylic oxidation sites excluding steroid dienone is 1. The van der Waals surface area contributed by atoms with E-state index in [2.05, 4.69) is 44.3 Å². The Hall–Kier alpha value is -4.43. The minimum atomic E-state index is -1.51. The summed E-state index contributed by atoms with van der Waals surface area (Å²) in [7, 11) is 0. The third kappa shape index (κ3) is 7.85. The van der Waals surface area contributed by atoms with E-state index in [-0.39, 0.29) is 42.9 Å². The summed E-state index contributed by atoms with van der Waals surface area (Å²) in [6, 6.07) is 25.6. The highest BCUT2D eigenvalue weighted by Crippen LogP contribution is 2.61. The van der Waals surface area contributed by atoms with Crippen LogP contribution in [0, 0.1) is 22.7 Å². The van der Waals surface area contributed by atoms with Crippen molar-refractivity contribution in [2.24, 2.45) is 22.7 Å². The molecule has 3 saturated carbocycles. The Balaban J connectivity index is 1.01. The Morgan fingerprint density at radius 1 is 0.908 bits per heavy atom. The summed E-state index contributed by atoms with van der Waals surface area (Å²) in [6.45, 7) is 12.2. The number of amides is 1. The Bertz CT molecular complexity index is 2290. The Labute approximate surface area is 382 Å². The van der Waals surface area contributed by atoms with Crippen molar-refractivity contribution >= 4 is 23.9 Å². The van der Waals surface area contributed by atoms with Gasteiger partial charge in [0.25, 0.3) is 0 Å². The fraction of sp³-hybridized carbons (Fsp3) is 0.566. The van der Waals surface area contributed by atoms with Crippen LogP contribution in [0.25, 0.3) is 6.08 Å². The standard InChI is InChI=1S/C53H64N2O10/c1-49(2,3)62-42(57)24-22-37(31-56)54-48(59)52-29-40-43-44(64-53(63-43,35-17-9-7-10-18-35)36-19-11-8-12-20-36)46(52)65-55(45(52)47(58)60-40)30-34-16-14-13-15-32(34)27-33-21-23-41-51(6,61-41)26-25-39-38(33)28-50(39,4)5/h7-20,27,37-41,43-46,56H,21-26,28-31H2,1-6H3,(H,54,59). The Morgan fingerprint density at radius 3 is 2.26 bits per heavy atom. The second-order valence-electron chi connectivity index (χ2n) is 21.5. The predicted molar refractivity (Wildman–Crippen MR) is 240 cm³/mol. The molecule has 2 bridgehead atoms. The lowest BCUT2D eigenvalue weighted by molar-refractivity contribution is -0.213. The zero-order chi connectivity index (χ0) is 45.5. The van der Waals surface area contributed by atoms with Crippen LogP contribution in [0.4, 0.5) is 0 Å². The van der Waals surface area contributed by atoms with Crippen molar-refractivity contribution in [2.45, 2.75) is 159 Å². The molecular weight excluding hydrogens is 825 g/mol. The highest BCUT2D eigenvalue weighted by Gasteiger charge is 2.76. The van der Waals surface area contributed by atoms with Gasteiger partial charge >= 0.3 is 11.9 Å². The predicted octanol–water partition coefficient (Wildman–Crippen LogP) is 7.55. The number of epoxide rings is 1. The number of hydrogen-bond acceptors (Lipinski definition) is 11. The van der Waals surface area contributed by atoms with E-state index < -0.39 is 77.8 Å². The minimum absolute atomic E-state index is 0.0203. The molecule has 3 aromatic carbocycles. The summed E-state index contributed by atoms with van der Waals surface area (Å²) in [5.74, 6) is -1.85. The molecule has 3 aliphatic carbocycles. The highest BCUT2D eigenvalue weighted by molar-refractivity contribution is 5.94. The number of hydrogen-bond donors (Lipinski definition) is 2. The molecule has 7 fully saturated rings. The molecule has 65 heavy (non-hydrogen) atoms. The first kappa shape index (κ1) is 44.4. The van der Waals surface area contributed by atoms with Gasteiger partial charge in [0, 0.05) is 24.0 Å².